The highest BCUT2D eigenvalue weighted by Crippen LogP contribution is 2.22. The lowest BCUT2D eigenvalue weighted by Crippen LogP contribution is -2.49. The van der Waals surface area contributed by atoms with Crippen LogP contribution in [0.25, 0.3) is 5.65 Å². The molecule has 8 heteroatoms. The molecule has 158 valence electrons. The van der Waals surface area contributed by atoms with Gasteiger partial charge in [0.25, 0.3) is 0 Å². The molecule has 1 aromatic carbocycles. The van der Waals surface area contributed by atoms with E-state index in [4.69, 9.17) is 5.10 Å². The third kappa shape index (κ3) is 4.59. The van der Waals surface area contributed by atoms with E-state index >= 15 is 0 Å². The first-order chi connectivity index (χ1) is 14.4. The van der Waals surface area contributed by atoms with E-state index in [1.54, 1.807) is 0 Å². The minimum absolute atomic E-state index is 0.0613. The van der Waals surface area contributed by atoms with Crippen LogP contribution in [0.4, 0.5) is 5.82 Å². The highest BCUT2D eigenvalue weighted by molar-refractivity contribution is 5.78. The van der Waals surface area contributed by atoms with Crippen LogP contribution in [-0.2, 0) is 16.8 Å². The second-order valence-electron chi connectivity index (χ2n) is 8.76. The van der Waals surface area contributed by atoms with Gasteiger partial charge in [-0.2, -0.15) is 4.52 Å². The van der Waals surface area contributed by atoms with Crippen LogP contribution < -0.4 is 10.2 Å². The van der Waals surface area contributed by atoms with Crippen molar-refractivity contribution in [1.29, 1.82) is 0 Å². The molecule has 0 radical (unpaired) electrons. The number of benzene rings is 1. The molecule has 0 unspecified atom stereocenters. The van der Waals surface area contributed by atoms with Gasteiger partial charge in [0.05, 0.1) is 6.54 Å². The molecule has 8 nitrogen and oxygen atoms in total. The van der Waals surface area contributed by atoms with Gasteiger partial charge in [-0.15, -0.1) is 15.3 Å². The van der Waals surface area contributed by atoms with Crippen molar-refractivity contribution in [2.24, 2.45) is 0 Å². The van der Waals surface area contributed by atoms with Crippen molar-refractivity contribution in [2.45, 2.75) is 32.7 Å². The Labute approximate surface area is 176 Å². The highest BCUT2D eigenvalue weighted by Gasteiger charge is 2.24. The maximum absolute atomic E-state index is 12.3. The number of piperazine rings is 1. The van der Waals surface area contributed by atoms with Crippen LogP contribution in [0, 0.1) is 0 Å². The van der Waals surface area contributed by atoms with Crippen molar-refractivity contribution >= 4 is 17.4 Å². The van der Waals surface area contributed by atoms with E-state index in [1.807, 2.05) is 47.0 Å². The Kier molecular flexibility index (Phi) is 5.67. The van der Waals surface area contributed by atoms with Crippen LogP contribution >= 0.6 is 0 Å². The molecule has 0 bridgehead atoms. The minimum Gasteiger partial charge on any atom is -0.353 e. The summed E-state index contributed by atoms with van der Waals surface area (Å²) in [6.07, 6.45) is 0. The van der Waals surface area contributed by atoms with Gasteiger partial charge in [-0.25, -0.2) is 0 Å². The van der Waals surface area contributed by atoms with E-state index in [9.17, 15) is 4.79 Å². The van der Waals surface area contributed by atoms with Crippen molar-refractivity contribution in [3.63, 3.8) is 0 Å². The van der Waals surface area contributed by atoms with Crippen LogP contribution in [0.1, 0.15) is 32.2 Å². The number of amides is 1. The zero-order chi connectivity index (χ0) is 21.1. The number of carbonyl (C=O) groups excluding carboxylic acids is 1. The van der Waals surface area contributed by atoms with Crippen molar-refractivity contribution < 1.29 is 4.79 Å². The van der Waals surface area contributed by atoms with Crippen molar-refractivity contribution in [3.05, 3.63) is 53.9 Å². The van der Waals surface area contributed by atoms with Gasteiger partial charge in [-0.05, 0) is 17.7 Å². The fourth-order valence-electron chi connectivity index (χ4n) is 3.61. The molecular weight excluding hydrogens is 378 g/mol. The molecule has 3 aromatic rings. The molecule has 30 heavy (non-hydrogen) atoms. The van der Waals surface area contributed by atoms with Gasteiger partial charge >= 0.3 is 0 Å². The zero-order valence-electron chi connectivity index (χ0n) is 17.9. The maximum Gasteiger partial charge on any atom is 0.234 e. The van der Waals surface area contributed by atoms with Gasteiger partial charge in [0.1, 0.15) is 5.82 Å². The Balaban J connectivity index is 1.32. The van der Waals surface area contributed by atoms with E-state index in [-0.39, 0.29) is 11.3 Å². The fraction of sp³-hybridized carbons (Fsp3) is 0.455. The highest BCUT2D eigenvalue weighted by atomic mass is 16.2. The van der Waals surface area contributed by atoms with E-state index in [2.05, 4.69) is 46.1 Å². The molecule has 2 aromatic heterocycles. The van der Waals surface area contributed by atoms with E-state index in [0.717, 1.165) is 49.0 Å². The number of hydrogen-bond acceptors (Lipinski definition) is 6. The molecule has 4 rings (SSSR count). The summed E-state index contributed by atoms with van der Waals surface area (Å²) in [7, 11) is 0. The molecule has 0 saturated carbocycles. The Morgan fingerprint density at radius 3 is 2.43 bits per heavy atom. The molecule has 1 fully saturated rings. The topological polar surface area (TPSA) is 78.7 Å². The maximum atomic E-state index is 12.3. The predicted octanol–water partition coefficient (Wildman–Crippen LogP) is 1.86. The minimum atomic E-state index is -0.128. The molecule has 3 heterocycles. The Morgan fingerprint density at radius 2 is 1.73 bits per heavy atom. The molecule has 0 atom stereocenters. The first-order valence-electron chi connectivity index (χ1n) is 10.4. The average molecular weight is 408 g/mol. The molecule has 0 aliphatic carbocycles. The monoisotopic (exact) mass is 407 g/mol. The summed E-state index contributed by atoms with van der Waals surface area (Å²) in [5, 5.41) is 16.3. The molecule has 1 N–H and O–H groups in total. The average Bonchev–Trinajstić information content (AvgIpc) is 3.17. The van der Waals surface area contributed by atoms with E-state index in [1.165, 1.54) is 0 Å². The van der Waals surface area contributed by atoms with E-state index in [0.29, 0.717) is 13.1 Å². The van der Waals surface area contributed by atoms with Crippen LogP contribution in [0.2, 0.25) is 0 Å². The van der Waals surface area contributed by atoms with Crippen molar-refractivity contribution in [1.82, 2.24) is 30.0 Å². The SMILES string of the molecule is CC(C)(C)c1nnc2ccc(N3CCN(CC(=O)NCc4ccccc4)CC3)nn12. The first kappa shape index (κ1) is 20.3. The van der Waals surface area contributed by atoms with E-state index < -0.39 is 0 Å². The number of aromatic nitrogens is 4. The zero-order valence-corrected chi connectivity index (χ0v) is 17.9. The van der Waals surface area contributed by atoms with Gasteiger partial charge in [0.15, 0.2) is 11.5 Å². The lowest BCUT2D eigenvalue weighted by molar-refractivity contribution is -0.122. The van der Waals surface area contributed by atoms with Gasteiger partial charge in [-0.1, -0.05) is 51.1 Å². The van der Waals surface area contributed by atoms with Gasteiger partial charge in [0.2, 0.25) is 5.91 Å². The number of hydrogen-bond donors (Lipinski definition) is 1. The number of rotatable bonds is 5. The van der Waals surface area contributed by atoms with Crippen LogP contribution in [0.3, 0.4) is 0 Å². The van der Waals surface area contributed by atoms with Crippen LogP contribution in [0.5, 0.6) is 0 Å². The molecule has 1 aliphatic rings. The summed E-state index contributed by atoms with van der Waals surface area (Å²) in [5.74, 6) is 1.83. The first-order valence-corrected chi connectivity index (χ1v) is 10.4. The normalized spacial score (nSPS) is 15.5. The summed E-state index contributed by atoms with van der Waals surface area (Å²) in [4.78, 5) is 16.7. The predicted molar refractivity (Wildman–Crippen MR) is 116 cm³/mol. The standard InChI is InChI=1S/C22H29N7O/c1-22(2,3)21-25-24-18-9-10-19(26-29(18)21)28-13-11-27(12-14-28)16-20(30)23-15-17-7-5-4-6-8-17/h4-10H,11-16H2,1-3H3,(H,23,30). The van der Waals surface area contributed by atoms with Gasteiger partial charge in [0, 0.05) is 38.1 Å². The smallest absolute Gasteiger partial charge is 0.234 e. The van der Waals surface area contributed by atoms with Crippen molar-refractivity contribution in [3.8, 4) is 0 Å². The molecule has 1 amide bonds. The largest absolute Gasteiger partial charge is 0.353 e. The summed E-state index contributed by atoms with van der Waals surface area (Å²) < 4.78 is 1.85. The summed E-state index contributed by atoms with van der Waals surface area (Å²) in [5.41, 5.74) is 1.75. The third-order valence-corrected chi connectivity index (χ3v) is 5.32. The quantitative estimate of drug-likeness (QED) is 0.696. The number of fused-ring (bicyclic) bond motifs is 1. The van der Waals surface area contributed by atoms with Crippen molar-refractivity contribution in [2.75, 3.05) is 37.6 Å². The van der Waals surface area contributed by atoms with Crippen LogP contribution in [0.15, 0.2) is 42.5 Å². The molecular formula is C22H29N7O. The summed E-state index contributed by atoms with van der Waals surface area (Å²) in [6, 6.07) is 13.9. The number of nitrogens with zero attached hydrogens (tertiary/aromatic N) is 6. The van der Waals surface area contributed by atoms with Gasteiger partial charge < -0.3 is 10.2 Å². The third-order valence-electron chi connectivity index (χ3n) is 5.32. The van der Waals surface area contributed by atoms with Crippen LogP contribution in [-0.4, -0.2) is 63.3 Å². The number of nitrogens with one attached hydrogen (secondary N) is 1. The second kappa shape index (κ2) is 8.39. The molecule has 1 saturated heterocycles. The Hall–Kier alpha value is -3.00. The number of anilines is 1. The lowest BCUT2D eigenvalue weighted by Gasteiger charge is -2.34. The molecule has 0 spiro atoms. The summed E-state index contributed by atoms with van der Waals surface area (Å²) >= 11 is 0. The van der Waals surface area contributed by atoms with Gasteiger partial charge in [-0.3, -0.25) is 9.69 Å². The number of carbonyl (C=O) groups is 1. The Bertz CT molecular complexity index is 1000. The molecule has 1 aliphatic heterocycles. The second-order valence-corrected chi connectivity index (χ2v) is 8.76. The summed E-state index contributed by atoms with van der Waals surface area (Å²) in [6.45, 7) is 10.6. The fourth-order valence-corrected chi connectivity index (χ4v) is 3.61. The Morgan fingerprint density at radius 1 is 1.00 bits per heavy atom. The lowest BCUT2D eigenvalue weighted by atomic mass is 9.96.